The zero-order valence-corrected chi connectivity index (χ0v) is 15.0. The Morgan fingerprint density at radius 2 is 1.81 bits per heavy atom. The van der Waals surface area contributed by atoms with Crippen molar-refractivity contribution in [2.45, 2.75) is 13.8 Å². The van der Waals surface area contributed by atoms with E-state index in [9.17, 15) is 14.9 Å². The third kappa shape index (κ3) is 4.02. The molecule has 26 heavy (non-hydrogen) atoms. The number of carbonyl (C=O) groups excluding carboxylic acids is 1. The Morgan fingerprint density at radius 1 is 1.12 bits per heavy atom. The molecule has 0 atom stereocenters. The molecule has 2 aromatic rings. The molecular formula is C18H20N2O6. The van der Waals surface area contributed by atoms with Crippen molar-refractivity contribution in [1.29, 1.82) is 0 Å². The lowest BCUT2D eigenvalue weighted by molar-refractivity contribution is -0.385. The van der Waals surface area contributed by atoms with Crippen LogP contribution >= 0.6 is 0 Å². The van der Waals surface area contributed by atoms with Crippen LogP contribution in [0.4, 0.5) is 11.4 Å². The summed E-state index contributed by atoms with van der Waals surface area (Å²) in [6.45, 7) is 3.91. The number of aryl methyl sites for hydroxylation is 1. The second kappa shape index (κ2) is 8.19. The number of anilines is 1. The van der Waals surface area contributed by atoms with Crippen LogP contribution in [0.25, 0.3) is 0 Å². The maximum absolute atomic E-state index is 12.7. The van der Waals surface area contributed by atoms with E-state index in [-0.39, 0.29) is 22.7 Å². The van der Waals surface area contributed by atoms with Crippen molar-refractivity contribution in [3.8, 4) is 17.2 Å². The van der Waals surface area contributed by atoms with Crippen LogP contribution in [0, 0.1) is 17.0 Å². The number of nitrogens with one attached hydrogen (secondary N) is 1. The zero-order valence-electron chi connectivity index (χ0n) is 15.0. The van der Waals surface area contributed by atoms with Gasteiger partial charge in [-0.05, 0) is 31.5 Å². The van der Waals surface area contributed by atoms with Gasteiger partial charge in [0.15, 0.2) is 11.5 Å². The van der Waals surface area contributed by atoms with Crippen molar-refractivity contribution in [2.75, 3.05) is 26.1 Å². The highest BCUT2D eigenvalue weighted by atomic mass is 16.6. The molecule has 0 aliphatic carbocycles. The largest absolute Gasteiger partial charge is 0.495 e. The summed E-state index contributed by atoms with van der Waals surface area (Å²) >= 11 is 0. The van der Waals surface area contributed by atoms with Crippen molar-refractivity contribution in [3.05, 3.63) is 51.6 Å². The molecule has 0 aliphatic heterocycles. The molecule has 0 aromatic heterocycles. The smallest absolute Gasteiger partial charge is 0.286 e. The van der Waals surface area contributed by atoms with E-state index in [2.05, 4.69) is 5.32 Å². The molecule has 0 heterocycles. The van der Waals surface area contributed by atoms with E-state index in [1.54, 1.807) is 19.1 Å². The number of amides is 1. The molecule has 2 rings (SSSR count). The number of carbonyl (C=O) groups is 1. The fourth-order valence-electron chi connectivity index (χ4n) is 2.42. The third-order valence-corrected chi connectivity index (χ3v) is 3.63. The summed E-state index contributed by atoms with van der Waals surface area (Å²) in [6, 6.07) is 7.73. The van der Waals surface area contributed by atoms with Gasteiger partial charge in [-0.1, -0.05) is 6.07 Å². The SMILES string of the molecule is CCOc1cc([N+](=O)[O-])c(C(=O)Nc2cc(C)ccc2OC)cc1OC. The summed E-state index contributed by atoms with van der Waals surface area (Å²) in [5.74, 6) is 0.233. The molecule has 0 unspecified atom stereocenters. The maximum atomic E-state index is 12.7. The van der Waals surface area contributed by atoms with Gasteiger partial charge in [-0.25, -0.2) is 0 Å². The molecule has 0 aliphatic rings. The van der Waals surface area contributed by atoms with Gasteiger partial charge in [0.1, 0.15) is 11.3 Å². The number of ether oxygens (including phenoxy) is 3. The van der Waals surface area contributed by atoms with Crippen LogP contribution < -0.4 is 19.5 Å². The lowest BCUT2D eigenvalue weighted by Gasteiger charge is -2.13. The number of hydrogen-bond acceptors (Lipinski definition) is 6. The Hall–Kier alpha value is -3.29. The Bertz CT molecular complexity index is 835. The Balaban J connectivity index is 2.48. The summed E-state index contributed by atoms with van der Waals surface area (Å²) in [5.41, 5.74) is 0.803. The molecule has 2 aromatic carbocycles. The molecule has 0 fully saturated rings. The van der Waals surface area contributed by atoms with E-state index in [1.165, 1.54) is 26.4 Å². The number of benzene rings is 2. The minimum absolute atomic E-state index is 0.140. The summed E-state index contributed by atoms with van der Waals surface area (Å²) in [7, 11) is 2.87. The van der Waals surface area contributed by atoms with Gasteiger partial charge in [0.05, 0.1) is 37.5 Å². The van der Waals surface area contributed by atoms with Crippen LogP contribution in [0.1, 0.15) is 22.8 Å². The molecule has 0 spiro atoms. The number of methoxy groups -OCH3 is 2. The molecule has 1 amide bonds. The van der Waals surface area contributed by atoms with E-state index in [0.717, 1.165) is 5.56 Å². The lowest BCUT2D eigenvalue weighted by Crippen LogP contribution is -2.15. The average molecular weight is 360 g/mol. The standard InChI is InChI=1S/C18H20N2O6/c1-5-26-17-10-14(20(22)23)12(9-16(17)25-4)18(21)19-13-8-11(2)6-7-15(13)24-3/h6-10H,5H2,1-4H3,(H,19,21). The van der Waals surface area contributed by atoms with Gasteiger partial charge in [-0.2, -0.15) is 0 Å². The van der Waals surface area contributed by atoms with Gasteiger partial charge in [-0.15, -0.1) is 0 Å². The first kappa shape index (κ1) is 19.0. The zero-order chi connectivity index (χ0) is 19.3. The van der Waals surface area contributed by atoms with Crippen LogP contribution in [0.2, 0.25) is 0 Å². The quantitative estimate of drug-likeness (QED) is 0.598. The monoisotopic (exact) mass is 360 g/mol. The molecule has 138 valence electrons. The van der Waals surface area contributed by atoms with Crippen LogP contribution in [0.3, 0.4) is 0 Å². The van der Waals surface area contributed by atoms with Gasteiger partial charge >= 0.3 is 0 Å². The first-order valence-corrected chi connectivity index (χ1v) is 7.86. The highest BCUT2D eigenvalue weighted by Gasteiger charge is 2.25. The van der Waals surface area contributed by atoms with Crippen molar-refractivity contribution < 1.29 is 23.9 Å². The number of nitro benzene ring substituents is 1. The predicted molar refractivity (Wildman–Crippen MR) is 96.5 cm³/mol. The number of rotatable bonds is 7. The molecule has 0 saturated heterocycles. The van der Waals surface area contributed by atoms with E-state index in [1.807, 2.05) is 13.0 Å². The molecule has 0 saturated carbocycles. The van der Waals surface area contributed by atoms with Crippen molar-refractivity contribution in [1.82, 2.24) is 0 Å². The van der Waals surface area contributed by atoms with Gasteiger partial charge in [0.2, 0.25) is 0 Å². The van der Waals surface area contributed by atoms with Crippen molar-refractivity contribution in [3.63, 3.8) is 0 Å². The van der Waals surface area contributed by atoms with Crippen LogP contribution in [0.5, 0.6) is 17.2 Å². The van der Waals surface area contributed by atoms with E-state index >= 15 is 0 Å². The molecular weight excluding hydrogens is 340 g/mol. The highest BCUT2D eigenvalue weighted by Crippen LogP contribution is 2.35. The van der Waals surface area contributed by atoms with Crippen molar-refractivity contribution >= 4 is 17.3 Å². The summed E-state index contributed by atoms with van der Waals surface area (Å²) in [4.78, 5) is 23.5. The Labute approximate surface area is 150 Å². The lowest BCUT2D eigenvalue weighted by atomic mass is 10.1. The highest BCUT2D eigenvalue weighted by molar-refractivity contribution is 6.08. The van der Waals surface area contributed by atoms with Gasteiger partial charge < -0.3 is 19.5 Å². The van der Waals surface area contributed by atoms with Gasteiger partial charge in [0.25, 0.3) is 11.6 Å². The first-order valence-electron chi connectivity index (χ1n) is 7.86. The minimum atomic E-state index is -0.651. The van der Waals surface area contributed by atoms with Crippen molar-refractivity contribution in [2.24, 2.45) is 0 Å². The Morgan fingerprint density at radius 3 is 2.38 bits per heavy atom. The summed E-state index contributed by atoms with van der Waals surface area (Å²) in [6.07, 6.45) is 0. The second-order valence-electron chi connectivity index (χ2n) is 5.37. The first-order chi connectivity index (χ1) is 12.4. The fourth-order valence-corrected chi connectivity index (χ4v) is 2.42. The molecule has 8 nitrogen and oxygen atoms in total. The third-order valence-electron chi connectivity index (χ3n) is 3.63. The fraction of sp³-hybridized carbons (Fsp3) is 0.278. The Kier molecular flexibility index (Phi) is 6.00. The van der Waals surface area contributed by atoms with Crippen LogP contribution in [-0.4, -0.2) is 31.7 Å². The second-order valence-corrected chi connectivity index (χ2v) is 5.37. The number of nitro groups is 1. The normalized spacial score (nSPS) is 10.2. The molecule has 0 radical (unpaired) electrons. The number of hydrogen-bond donors (Lipinski definition) is 1. The summed E-state index contributed by atoms with van der Waals surface area (Å²) < 4.78 is 15.7. The van der Waals surface area contributed by atoms with E-state index in [0.29, 0.717) is 18.0 Å². The van der Waals surface area contributed by atoms with Gasteiger partial charge in [0, 0.05) is 6.07 Å². The minimum Gasteiger partial charge on any atom is -0.495 e. The molecule has 1 N–H and O–H groups in total. The predicted octanol–water partition coefficient (Wildman–Crippen LogP) is 3.57. The average Bonchev–Trinajstić information content (AvgIpc) is 2.61. The number of nitrogens with zero attached hydrogens (tertiary/aromatic N) is 1. The topological polar surface area (TPSA) is 99.9 Å². The van der Waals surface area contributed by atoms with E-state index in [4.69, 9.17) is 14.2 Å². The van der Waals surface area contributed by atoms with Crippen LogP contribution in [-0.2, 0) is 0 Å². The van der Waals surface area contributed by atoms with Gasteiger partial charge in [-0.3, -0.25) is 14.9 Å². The van der Waals surface area contributed by atoms with Crippen LogP contribution in [0.15, 0.2) is 30.3 Å². The van der Waals surface area contributed by atoms with E-state index < -0.39 is 10.8 Å². The summed E-state index contributed by atoms with van der Waals surface area (Å²) in [5, 5.41) is 14.1. The maximum Gasteiger partial charge on any atom is 0.286 e. The molecule has 0 bridgehead atoms. The molecule has 8 heteroatoms.